The highest BCUT2D eigenvalue weighted by Crippen LogP contribution is 2.40. The first kappa shape index (κ1) is 35.0. The number of fused-ring (bicyclic) bond motifs is 9. The first-order valence-electron chi connectivity index (χ1n) is 20.9. The molecule has 0 spiro atoms. The van der Waals surface area contributed by atoms with Gasteiger partial charge >= 0.3 is 0 Å². The molecule has 0 saturated heterocycles. The minimum absolute atomic E-state index is 0.595. The molecule has 0 amide bonds. The molecule has 0 fully saturated rings. The molecule has 13 aromatic rings. The van der Waals surface area contributed by atoms with Gasteiger partial charge in [0.25, 0.3) is 0 Å². The Bertz CT molecular complexity index is 3870. The van der Waals surface area contributed by atoms with Crippen molar-refractivity contribution in [3.05, 3.63) is 200 Å². The van der Waals surface area contributed by atoms with E-state index in [1.165, 1.54) is 0 Å². The van der Waals surface area contributed by atoms with Crippen LogP contribution in [0.3, 0.4) is 0 Å². The van der Waals surface area contributed by atoms with Gasteiger partial charge in [0.15, 0.2) is 17.5 Å². The smallest absolute Gasteiger partial charge is 0.235 e. The Morgan fingerprint density at radius 2 is 0.905 bits per heavy atom. The second kappa shape index (κ2) is 13.9. The van der Waals surface area contributed by atoms with Crippen LogP contribution in [0.25, 0.3) is 123 Å². The van der Waals surface area contributed by atoms with E-state index in [0.29, 0.717) is 23.4 Å². The summed E-state index contributed by atoms with van der Waals surface area (Å²) in [6.07, 6.45) is 1.85. The van der Waals surface area contributed by atoms with Crippen molar-refractivity contribution in [1.82, 2.24) is 34.1 Å². The predicted octanol–water partition coefficient (Wildman–Crippen LogP) is 13.4. The van der Waals surface area contributed by atoms with Gasteiger partial charge in [-0.3, -0.25) is 4.57 Å². The number of rotatable bonds is 6. The van der Waals surface area contributed by atoms with Crippen LogP contribution in [0.1, 0.15) is 0 Å². The largest absolute Gasteiger partial charge is 0.456 e. The van der Waals surface area contributed by atoms with Gasteiger partial charge in [-0.05, 0) is 66.7 Å². The van der Waals surface area contributed by atoms with E-state index < -0.39 is 0 Å². The molecule has 13 rings (SSSR count). The maximum absolute atomic E-state index is 6.14. The number of nitrogens with zero attached hydrogens (tertiary/aromatic N) is 7. The van der Waals surface area contributed by atoms with Crippen LogP contribution in [0.15, 0.2) is 205 Å². The lowest BCUT2D eigenvalue weighted by Gasteiger charge is -2.12. The number of hydrogen-bond acceptors (Lipinski definition) is 6. The van der Waals surface area contributed by atoms with Crippen LogP contribution in [0.4, 0.5) is 0 Å². The normalized spacial score (nSPS) is 11.8. The van der Waals surface area contributed by atoms with Crippen LogP contribution in [0.5, 0.6) is 0 Å². The van der Waals surface area contributed by atoms with Crippen LogP contribution < -0.4 is 0 Å². The van der Waals surface area contributed by atoms with E-state index >= 15 is 0 Å². The third-order valence-corrected chi connectivity index (χ3v) is 12.0. The van der Waals surface area contributed by atoms with Crippen molar-refractivity contribution in [1.29, 1.82) is 0 Å². The minimum Gasteiger partial charge on any atom is -0.456 e. The fraction of sp³-hybridized carbons (Fsp3) is 0. The molecule has 0 saturated carbocycles. The third kappa shape index (κ3) is 5.66. The molecule has 0 bridgehead atoms. The van der Waals surface area contributed by atoms with Gasteiger partial charge in [0.1, 0.15) is 11.2 Å². The van der Waals surface area contributed by atoms with Gasteiger partial charge in [-0.1, -0.05) is 127 Å². The summed E-state index contributed by atoms with van der Waals surface area (Å²) in [5.41, 5.74) is 11.5. The van der Waals surface area contributed by atoms with E-state index in [-0.39, 0.29) is 0 Å². The molecule has 0 radical (unpaired) electrons. The van der Waals surface area contributed by atoms with Crippen molar-refractivity contribution in [2.75, 3.05) is 0 Å². The average Bonchev–Trinajstić information content (AvgIpc) is 4.01. The van der Waals surface area contributed by atoms with Crippen LogP contribution in [0.2, 0.25) is 0 Å². The Labute approximate surface area is 360 Å². The summed E-state index contributed by atoms with van der Waals surface area (Å²) in [6.45, 7) is 0. The monoisotopic (exact) mass is 807 g/mol. The molecular weight excluding hydrogens is 775 g/mol. The molecule has 63 heavy (non-hydrogen) atoms. The molecule has 0 aliphatic heterocycles. The van der Waals surface area contributed by atoms with E-state index in [1.807, 2.05) is 97.2 Å². The Morgan fingerprint density at radius 1 is 0.333 bits per heavy atom. The van der Waals surface area contributed by atoms with Crippen molar-refractivity contribution >= 4 is 65.6 Å². The van der Waals surface area contributed by atoms with Crippen LogP contribution in [-0.2, 0) is 0 Å². The molecule has 8 heteroatoms. The van der Waals surface area contributed by atoms with Crippen LogP contribution in [-0.4, -0.2) is 34.1 Å². The van der Waals surface area contributed by atoms with Gasteiger partial charge in [-0.25, -0.2) is 24.9 Å². The summed E-state index contributed by atoms with van der Waals surface area (Å²) in [5, 5.41) is 6.71. The van der Waals surface area contributed by atoms with E-state index in [9.17, 15) is 0 Å². The van der Waals surface area contributed by atoms with Crippen molar-refractivity contribution < 1.29 is 4.42 Å². The standard InChI is InChI=1S/C55H33N7O/c1-3-14-34(15-4-1)52-58-53(35-16-5-2-6-17-35)60-54(59-52)37-18-13-19-38(30-37)61-46-23-10-7-20-39(46)42-32-43-40-21-8-11-24-47(40)62(49(43)33-48(42)61)55-56-29-28-45(57-55)36-26-27-51-44(31-36)41-22-9-12-25-50(41)63-51/h1-33H. The topological polar surface area (TPSA) is 87.5 Å². The third-order valence-electron chi connectivity index (χ3n) is 12.0. The molecule has 5 heterocycles. The number of para-hydroxylation sites is 3. The van der Waals surface area contributed by atoms with Gasteiger partial charge in [0.2, 0.25) is 5.95 Å². The molecule has 294 valence electrons. The molecular formula is C55H33N7O. The van der Waals surface area contributed by atoms with Crippen LogP contribution >= 0.6 is 0 Å². The Kier molecular flexibility index (Phi) is 7.74. The minimum atomic E-state index is 0.595. The van der Waals surface area contributed by atoms with Crippen molar-refractivity contribution in [3.8, 4) is 57.1 Å². The van der Waals surface area contributed by atoms with Gasteiger partial charge in [-0.2, -0.15) is 0 Å². The zero-order chi connectivity index (χ0) is 41.4. The SMILES string of the molecule is c1ccc(-c2nc(-c3ccccc3)nc(-c3cccc(-n4c5ccccc5c5cc6c7ccccc7n(-c7nccc(-c8ccc9oc%10ccccc%10c9c8)n7)c6cc54)c3)n2)cc1. The van der Waals surface area contributed by atoms with E-state index in [4.69, 9.17) is 29.3 Å². The summed E-state index contributed by atoms with van der Waals surface area (Å²) < 4.78 is 10.7. The number of benzene rings is 8. The van der Waals surface area contributed by atoms with Gasteiger partial charge in [0.05, 0.1) is 27.8 Å². The molecule has 8 aromatic carbocycles. The highest BCUT2D eigenvalue weighted by atomic mass is 16.3. The predicted molar refractivity (Wildman–Crippen MR) is 253 cm³/mol. The quantitative estimate of drug-likeness (QED) is 0.166. The second-order valence-corrected chi connectivity index (χ2v) is 15.7. The second-order valence-electron chi connectivity index (χ2n) is 15.7. The number of hydrogen-bond donors (Lipinski definition) is 0. The lowest BCUT2D eigenvalue weighted by atomic mass is 10.1. The molecule has 0 unspecified atom stereocenters. The van der Waals surface area contributed by atoms with E-state index in [2.05, 4.69) is 112 Å². The summed E-state index contributed by atoms with van der Waals surface area (Å²) >= 11 is 0. The maximum Gasteiger partial charge on any atom is 0.235 e. The molecule has 0 atom stereocenters. The van der Waals surface area contributed by atoms with Gasteiger partial charge in [-0.15, -0.1) is 0 Å². The van der Waals surface area contributed by atoms with E-state index in [0.717, 1.165) is 99.2 Å². The Hall–Kier alpha value is -8.75. The van der Waals surface area contributed by atoms with E-state index in [1.54, 1.807) is 0 Å². The highest BCUT2D eigenvalue weighted by Gasteiger charge is 2.21. The first-order chi connectivity index (χ1) is 31.2. The molecule has 0 aliphatic carbocycles. The highest BCUT2D eigenvalue weighted by molar-refractivity contribution is 6.19. The van der Waals surface area contributed by atoms with Crippen molar-refractivity contribution in [2.24, 2.45) is 0 Å². The molecule has 5 aromatic heterocycles. The zero-order valence-corrected chi connectivity index (χ0v) is 33.6. The summed E-state index contributed by atoms with van der Waals surface area (Å²) in [4.78, 5) is 25.2. The van der Waals surface area contributed by atoms with Gasteiger partial charge in [0, 0.05) is 66.5 Å². The zero-order valence-electron chi connectivity index (χ0n) is 33.6. The first-order valence-corrected chi connectivity index (χ1v) is 20.9. The summed E-state index contributed by atoms with van der Waals surface area (Å²) in [6, 6.07) is 66.8. The van der Waals surface area contributed by atoms with Crippen molar-refractivity contribution in [2.45, 2.75) is 0 Å². The number of aromatic nitrogens is 7. The fourth-order valence-electron chi connectivity index (χ4n) is 9.15. The molecule has 0 aliphatic rings. The average molecular weight is 808 g/mol. The summed E-state index contributed by atoms with van der Waals surface area (Å²) in [7, 11) is 0. The lowest BCUT2D eigenvalue weighted by molar-refractivity contribution is 0.669. The van der Waals surface area contributed by atoms with Crippen LogP contribution in [0, 0.1) is 0 Å². The molecule has 0 N–H and O–H groups in total. The fourth-order valence-corrected chi connectivity index (χ4v) is 9.15. The Balaban J connectivity index is 1.00. The van der Waals surface area contributed by atoms with Gasteiger partial charge < -0.3 is 8.98 Å². The summed E-state index contributed by atoms with van der Waals surface area (Å²) in [5.74, 6) is 2.45. The molecule has 8 nitrogen and oxygen atoms in total. The number of furan rings is 1. The van der Waals surface area contributed by atoms with Crippen molar-refractivity contribution in [3.63, 3.8) is 0 Å². The Morgan fingerprint density at radius 3 is 1.62 bits per heavy atom. The lowest BCUT2D eigenvalue weighted by Crippen LogP contribution is -2.02. The maximum atomic E-state index is 6.14.